The van der Waals surface area contributed by atoms with Gasteiger partial charge in [-0.15, -0.1) is 0 Å². The van der Waals surface area contributed by atoms with Gasteiger partial charge in [0.05, 0.1) is 0 Å². The molecule has 0 radical (unpaired) electrons. The molecule has 3 unspecified atom stereocenters. The lowest BCUT2D eigenvalue weighted by molar-refractivity contribution is -0.137. The summed E-state index contributed by atoms with van der Waals surface area (Å²) < 4.78 is 0. The van der Waals surface area contributed by atoms with Gasteiger partial charge in [0.1, 0.15) is 6.54 Å². The van der Waals surface area contributed by atoms with E-state index < -0.39 is 5.97 Å². The summed E-state index contributed by atoms with van der Waals surface area (Å²) in [6.07, 6.45) is 5.21. The van der Waals surface area contributed by atoms with E-state index in [1.165, 1.54) is 11.3 Å². The molecule has 0 aromatic heterocycles. The van der Waals surface area contributed by atoms with Crippen molar-refractivity contribution >= 4 is 12.0 Å². The predicted molar refractivity (Wildman–Crippen MR) is 71.9 cm³/mol. The summed E-state index contributed by atoms with van der Waals surface area (Å²) in [5.41, 5.74) is 0. The van der Waals surface area contributed by atoms with Crippen LogP contribution in [0, 0.1) is 11.8 Å². The van der Waals surface area contributed by atoms with Crippen molar-refractivity contribution in [2.45, 2.75) is 58.0 Å². The van der Waals surface area contributed by atoms with Gasteiger partial charge in [0.2, 0.25) is 0 Å². The van der Waals surface area contributed by atoms with E-state index in [-0.39, 0.29) is 24.7 Å². The molecule has 3 atom stereocenters. The van der Waals surface area contributed by atoms with Crippen molar-refractivity contribution in [3.63, 3.8) is 0 Å². The molecule has 0 heterocycles. The molecule has 0 saturated heterocycles. The summed E-state index contributed by atoms with van der Waals surface area (Å²) in [5.74, 6) is 0.142. The molecule has 0 aromatic carbocycles. The van der Waals surface area contributed by atoms with E-state index in [0.29, 0.717) is 11.8 Å². The molecule has 5 heteroatoms. The van der Waals surface area contributed by atoms with Gasteiger partial charge in [-0.2, -0.15) is 0 Å². The second-order valence-corrected chi connectivity index (χ2v) is 6.08. The number of rotatable bonds is 4. The SMILES string of the molecule is CC1CCCC(NC(=O)N(CC(=O)O)C2CC2)C1C. The summed E-state index contributed by atoms with van der Waals surface area (Å²) in [4.78, 5) is 24.5. The monoisotopic (exact) mass is 268 g/mol. The Morgan fingerprint density at radius 1 is 1.21 bits per heavy atom. The van der Waals surface area contributed by atoms with Crippen LogP contribution in [0.15, 0.2) is 0 Å². The maximum Gasteiger partial charge on any atom is 0.323 e. The Hall–Kier alpha value is -1.26. The highest BCUT2D eigenvalue weighted by molar-refractivity contribution is 5.80. The largest absolute Gasteiger partial charge is 0.480 e. The molecule has 2 rings (SSSR count). The number of aliphatic carboxylic acids is 1. The Labute approximate surface area is 114 Å². The number of carboxylic acids is 1. The van der Waals surface area contributed by atoms with Crippen LogP contribution >= 0.6 is 0 Å². The van der Waals surface area contributed by atoms with Gasteiger partial charge in [-0.05, 0) is 31.1 Å². The number of carboxylic acid groups (broad SMARTS) is 1. The van der Waals surface area contributed by atoms with Crippen molar-refractivity contribution in [3.05, 3.63) is 0 Å². The first kappa shape index (κ1) is 14.2. The zero-order chi connectivity index (χ0) is 14.0. The van der Waals surface area contributed by atoms with E-state index >= 15 is 0 Å². The Morgan fingerprint density at radius 3 is 2.47 bits per heavy atom. The predicted octanol–water partition coefficient (Wildman–Crippen LogP) is 2.07. The zero-order valence-electron chi connectivity index (χ0n) is 11.8. The highest BCUT2D eigenvalue weighted by Crippen LogP contribution is 2.31. The standard InChI is InChI=1S/C14H24N2O3/c1-9-4-3-5-12(10(9)2)15-14(19)16(8-13(17)18)11-6-7-11/h9-12H,3-8H2,1-2H3,(H,15,19)(H,17,18). The third-order valence-electron chi connectivity index (χ3n) is 4.57. The smallest absolute Gasteiger partial charge is 0.323 e. The minimum atomic E-state index is -0.938. The molecule has 0 spiro atoms. The van der Waals surface area contributed by atoms with Gasteiger partial charge in [0.25, 0.3) is 0 Å². The van der Waals surface area contributed by atoms with Crippen LogP contribution in [-0.4, -0.2) is 40.6 Å². The first-order valence-electron chi connectivity index (χ1n) is 7.28. The molecule has 19 heavy (non-hydrogen) atoms. The molecular formula is C14H24N2O3. The minimum Gasteiger partial charge on any atom is -0.480 e. The summed E-state index contributed by atoms with van der Waals surface area (Å²) in [6, 6.07) is 0.120. The van der Waals surface area contributed by atoms with Crippen LogP contribution in [0.2, 0.25) is 0 Å². The van der Waals surface area contributed by atoms with Gasteiger partial charge in [0.15, 0.2) is 0 Å². The molecule has 108 valence electrons. The topological polar surface area (TPSA) is 69.6 Å². The number of hydrogen-bond acceptors (Lipinski definition) is 2. The Morgan fingerprint density at radius 2 is 1.89 bits per heavy atom. The molecule has 0 bridgehead atoms. The number of hydrogen-bond donors (Lipinski definition) is 2. The van der Waals surface area contributed by atoms with Crippen LogP contribution in [0.25, 0.3) is 0 Å². The van der Waals surface area contributed by atoms with Crippen molar-refractivity contribution in [1.29, 1.82) is 0 Å². The fourth-order valence-corrected chi connectivity index (χ4v) is 2.93. The van der Waals surface area contributed by atoms with Crippen molar-refractivity contribution in [1.82, 2.24) is 10.2 Å². The fourth-order valence-electron chi connectivity index (χ4n) is 2.93. The molecule has 2 N–H and O–H groups in total. The lowest BCUT2D eigenvalue weighted by atomic mass is 9.78. The summed E-state index contributed by atoms with van der Waals surface area (Å²) in [5, 5.41) is 11.9. The third kappa shape index (κ3) is 3.61. The lowest BCUT2D eigenvalue weighted by Crippen LogP contribution is -2.51. The Bertz CT molecular complexity index is 355. The molecule has 0 aromatic rings. The van der Waals surface area contributed by atoms with Crippen LogP contribution in [0.5, 0.6) is 0 Å². The molecule has 5 nitrogen and oxygen atoms in total. The quantitative estimate of drug-likeness (QED) is 0.820. The first-order chi connectivity index (χ1) is 8.99. The molecule has 2 amide bonds. The number of urea groups is 1. The zero-order valence-corrected chi connectivity index (χ0v) is 11.8. The van der Waals surface area contributed by atoms with Gasteiger partial charge in [-0.1, -0.05) is 26.7 Å². The highest BCUT2D eigenvalue weighted by Gasteiger charge is 2.36. The van der Waals surface area contributed by atoms with Crippen LogP contribution in [0.1, 0.15) is 46.0 Å². The molecule has 2 aliphatic carbocycles. The van der Waals surface area contributed by atoms with Crippen LogP contribution in [0.3, 0.4) is 0 Å². The number of nitrogens with zero attached hydrogens (tertiary/aromatic N) is 1. The van der Waals surface area contributed by atoms with Gasteiger partial charge in [0, 0.05) is 12.1 Å². The average Bonchev–Trinajstić information content (AvgIpc) is 3.16. The molecule has 2 aliphatic rings. The van der Waals surface area contributed by atoms with E-state index in [9.17, 15) is 9.59 Å². The van der Waals surface area contributed by atoms with Crippen molar-refractivity contribution in [2.75, 3.05) is 6.54 Å². The van der Waals surface area contributed by atoms with E-state index in [2.05, 4.69) is 19.2 Å². The van der Waals surface area contributed by atoms with Crippen molar-refractivity contribution in [3.8, 4) is 0 Å². The molecule has 2 saturated carbocycles. The second kappa shape index (κ2) is 5.80. The Kier molecular flexibility index (Phi) is 4.32. The van der Waals surface area contributed by atoms with E-state index in [1.54, 1.807) is 0 Å². The molecule has 2 fully saturated rings. The summed E-state index contributed by atoms with van der Waals surface area (Å²) in [7, 11) is 0. The summed E-state index contributed by atoms with van der Waals surface area (Å²) >= 11 is 0. The van der Waals surface area contributed by atoms with Gasteiger partial charge in [-0.3, -0.25) is 4.79 Å². The fraction of sp³-hybridized carbons (Fsp3) is 0.857. The number of nitrogens with one attached hydrogen (secondary N) is 1. The van der Waals surface area contributed by atoms with Crippen molar-refractivity contribution < 1.29 is 14.7 Å². The van der Waals surface area contributed by atoms with Crippen LogP contribution in [0.4, 0.5) is 4.79 Å². The summed E-state index contributed by atoms with van der Waals surface area (Å²) in [6.45, 7) is 4.21. The normalized spacial score (nSPS) is 30.7. The van der Waals surface area contributed by atoms with Crippen molar-refractivity contribution in [2.24, 2.45) is 11.8 Å². The number of carbonyl (C=O) groups excluding carboxylic acids is 1. The second-order valence-electron chi connectivity index (χ2n) is 6.08. The van der Waals surface area contributed by atoms with Crippen LogP contribution < -0.4 is 5.32 Å². The minimum absolute atomic E-state index is 0.132. The van der Waals surface area contributed by atoms with E-state index in [4.69, 9.17) is 5.11 Å². The third-order valence-corrected chi connectivity index (χ3v) is 4.57. The maximum atomic E-state index is 12.2. The van der Waals surface area contributed by atoms with Gasteiger partial charge in [-0.25, -0.2) is 4.79 Å². The average molecular weight is 268 g/mol. The first-order valence-corrected chi connectivity index (χ1v) is 7.28. The Balaban J connectivity index is 1.92. The van der Waals surface area contributed by atoms with E-state index in [0.717, 1.165) is 25.7 Å². The molecular weight excluding hydrogens is 244 g/mol. The molecule has 0 aliphatic heterocycles. The van der Waals surface area contributed by atoms with Gasteiger partial charge >= 0.3 is 12.0 Å². The number of carbonyl (C=O) groups is 2. The number of amides is 2. The van der Waals surface area contributed by atoms with Gasteiger partial charge < -0.3 is 15.3 Å². The van der Waals surface area contributed by atoms with Crippen LogP contribution in [-0.2, 0) is 4.79 Å². The lowest BCUT2D eigenvalue weighted by Gasteiger charge is -2.36. The maximum absolute atomic E-state index is 12.2. The highest BCUT2D eigenvalue weighted by atomic mass is 16.4. The van der Waals surface area contributed by atoms with E-state index in [1.807, 2.05) is 0 Å².